The summed E-state index contributed by atoms with van der Waals surface area (Å²) in [5.74, 6) is 2.26. The van der Waals surface area contributed by atoms with Gasteiger partial charge in [0, 0.05) is 0 Å². The predicted molar refractivity (Wildman–Crippen MR) is 70.6 cm³/mol. The summed E-state index contributed by atoms with van der Waals surface area (Å²) in [5, 5.41) is 3.08. The number of hydrogen-bond acceptors (Lipinski definition) is 3. The second-order valence-corrected chi connectivity index (χ2v) is 4.55. The first kappa shape index (κ1) is 16.0. The van der Waals surface area contributed by atoms with Crippen molar-refractivity contribution in [2.75, 3.05) is 13.7 Å². The second-order valence-electron chi connectivity index (χ2n) is 4.55. The zero-order chi connectivity index (χ0) is 13.1. The first-order valence-corrected chi connectivity index (χ1v) is 6.37. The molecule has 0 aliphatic carbocycles. The van der Waals surface area contributed by atoms with Crippen molar-refractivity contribution in [3.63, 3.8) is 0 Å². The highest BCUT2D eigenvalue weighted by Crippen LogP contribution is 2.17. The summed E-state index contributed by atoms with van der Waals surface area (Å²) in [6.45, 7) is 4.43. The van der Waals surface area contributed by atoms with E-state index in [1.54, 1.807) is 0 Å². The van der Waals surface area contributed by atoms with E-state index in [2.05, 4.69) is 18.2 Å². The Morgan fingerprint density at radius 2 is 2.00 bits per heavy atom. The first-order chi connectivity index (χ1) is 8.10. The molecule has 0 spiro atoms. The van der Waals surface area contributed by atoms with Gasteiger partial charge >= 0.3 is 5.97 Å². The molecule has 1 atom stereocenters. The molecule has 3 nitrogen and oxygen atoms in total. The van der Waals surface area contributed by atoms with Crippen LogP contribution in [0.25, 0.3) is 0 Å². The van der Waals surface area contributed by atoms with E-state index >= 15 is 0 Å². The number of methoxy groups -OCH3 is 1. The van der Waals surface area contributed by atoms with Gasteiger partial charge in [-0.1, -0.05) is 44.9 Å². The minimum Gasteiger partial charge on any atom is -0.468 e. The monoisotopic (exact) mass is 239 g/mol. The highest BCUT2D eigenvalue weighted by atomic mass is 16.5. The number of carbonyl (C=O) groups is 1. The average Bonchev–Trinajstić information content (AvgIpc) is 2.35. The number of carbonyl (C=O) groups excluding carboxylic acids is 1. The van der Waals surface area contributed by atoms with Crippen molar-refractivity contribution in [1.82, 2.24) is 5.32 Å². The number of hydrogen-bond donors (Lipinski definition) is 1. The summed E-state index contributed by atoms with van der Waals surface area (Å²) in [6, 6.07) is 0. The van der Waals surface area contributed by atoms with Crippen molar-refractivity contribution in [3.8, 4) is 12.3 Å². The van der Waals surface area contributed by atoms with E-state index in [4.69, 9.17) is 11.2 Å². The van der Waals surface area contributed by atoms with Gasteiger partial charge in [-0.2, -0.15) is 0 Å². The van der Waals surface area contributed by atoms with Gasteiger partial charge in [-0.15, -0.1) is 6.42 Å². The molecule has 0 radical (unpaired) electrons. The van der Waals surface area contributed by atoms with Crippen LogP contribution >= 0.6 is 0 Å². The van der Waals surface area contributed by atoms with E-state index in [1.807, 2.05) is 6.92 Å². The molecule has 0 aliphatic heterocycles. The molecule has 1 N–H and O–H groups in total. The Hall–Kier alpha value is -1.01. The van der Waals surface area contributed by atoms with Crippen molar-refractivity contribution in [3.05, 3.63) is 0 Å². The van der Waals surface area contributed by atoms with Gasteiger partial charge in [0.2, 0.25) is 0 Å². The molecule has 0 aliphatic rings. The number of esters is 1. The topological polar surface area (TPSA) is 38.3 Å². The zero-order valence-electron chi connectivity index (χ0n) is 11.3. The van der Waals surface area contributed by atoms with Crippen molar-refractivity contribution < 1.29 is 9.53 Å². The van der Waals surface area contributed by atoms with Gasteiger partial charge in [0.15, 0.2) is 0 Å². The molecule has 0 amide bonds. The van der Waals surface area contributed by atoms with Crippen LogP contribution in [0, 0.1) is 12.3 Å². The van der Waals surface area contributed by atoms with Gasteiger partial charge in [0.25, 0.3) is 0 Å². The van der Waals surface area contributed by atoms with Crippen LogP contribution in [0.5, 0.6) is 0 Å². The smallest absolute Gasteiger partial charge is 0.325 e. The lowest BCUT2D eigenvalue weighted by molar-refractivity contribution is -0.148. The number of terminal acetylenes is 1. The second kappa shape index (κ2) is 9.07. The summed E-state index contributed by atoms with van der Waals surface area (Å²) in [7, 11) is 1.41. The highest BCUT2D eigenvalue weighted by Gasteiger charge is 2.32. The van der Waals surface area contributed by atoms with E-state index in [9.17, 15) is 4.79 Å². The molecule has 3 heteroatoms. The molecule has 0 rings (SSSR count). The van der Waals surface area contributed by atoms with E-state index in [1.165, 1.54) is 26.4 Å². The Kier molecular flexibility index (Phi) is 8.53. The minimum atomic E-state index is -0.646. The van der Waals surface area contributed by atoms with Crippen LogP contribution in [0.2, 0.25) is 0 Å². The van der Waals surface area contributed by atoms with Gasteiger partial charge in [-0.05, 0) is 13.3 Å². The molecular formula is C14H25NO2. The van der Waals surface area contributed by atoms with Crippen LogP contribution in [0.3, 0.4) is 0 Å². The maximum atomic E-state index is 11.7. The van der Waals surface area contributed by atoms with Gasteiger partial charge in [-0.25, -0.2) is 0 Å². The Balaban J connectivity index is 4.11. The van der Waals surface area contributed by atoms with Crippen LogP contribution in [-0.2, 0) is 9.53 Å². The van der Waals surface area contributed by atoms with Gasteiger partial charge in [0.1, 0.15) is 5.54 Å². The summed E-state index contributed by atoms with van der Waals surface area (Å²) < 4.78 is 4.82. The summed E-state index contributed by atoms with van der Waals surface area (Å²) in [6.07, 6.45) is 11.9. The van der Waals surface area contributed by atoms with E-state index in [0.717, 1.165) is 19.3 Å². The Bertz CT molecular complexity index is 257. The molecule has 0 bridgehead atoms. The quantitative estimate of drug-likeness (QED) is 0.382. The fraction of sp³-hybridized carbons (Fsp3) is 0.786. The fourth-order valence-electron chi connectivity index (χ4n) is 1.82. The zero-order valence-corrected chi connectivity index (χ0v) is 11.3. The molecule has 0 saturated heterocycles. The molecule has 0 fully saturated rings. The van der Waals surface area contributed by atoms with Gasteiger partial charge in [0.05, 0.1) is 13.7 Å². The number of unbranched alkanes of at least 4 members (excludes halogenated alkanes) is 4. The van der Waals surface area contributed by atoms with Gasteiger partial charge in [-0.3, -0.25) is 10.1 Å². The normalized spacial score (nSPS) is 13.8. The van der Waals surface area contributed by atoms with Crippen molar-refractivity contribution in [2.24, 2.45) is 0 Å². The molecule has 0 aromatic carbocycles. The third kappa shape index (κ3) is 6.33. The first-order valence-electron chi connectivity index (χ1n) is 6.37. The minimum absolute atomic E-state index is 0.233. The Labute approximate surface area is 105 Å². The number of nitrogens with one attached hydrogen (secondary N) is 1. The number of ether oxygens (including phenoxy) is 1. The summed E-state index contributed by atoms with van der Waals surface area (Å²) in [4.78, 5) is 11.7. The lowest BCUT2D eigenvalue weighted by atomic mass is 9.94. The maximum absolute atomic E-state index is 11.7. The SMILES string of the molecule is C#CCNC(C)(CCCCCCC)C(=O)OC. The third-order valence-electron chi connectivity index (χ3n) is 3.00. The van der Waals surface area contributed by atoms with Crippen molar-refractivity contribution in [2.45, 2.75) is 57.9 Å². The van der Waals surface area contributed by atoms with Crippen LogP contribution in [0.4, 0.5) is 0 Å². The van der Waals surface area contributed by atoms with Crippen LogP contribution in [0.15, 0.2) is 0 Å². The molecule has 0 heterocycles. The maximum Gasteiger partial charge on any atom is 0.325 e. The van der Waals surface area contributed by atoms with E-state index in [-0.39, 0.29) is 5.97 Å². The number of rotatable bonds is 9. The van der Waals surface area contributed by atoms with E-state index < -0.39 is 5.54 Å². The summed E-state index contributed by atoms with van der Waals surface area (Å²) in [5.41, 5.74) is -0.646. The van der Waals surface area contributed by atoms with Crippen molar-refractivity contribution >= 4 is 5.97 Å². The average molecular weight is 239 g/mol. The van der Waals surface area contributed by atoms with Crippen molar-refractivity contribution in [1.29, 1.82) is 0 Å². The molecule has 0 saturated carbocycles. The lowest BCUT2D eigenvalue weighted by Crippen LogP contribution is -2.50. The predicted octanol–water partition coefficient (Wildman–Crippen LogP) is 2.50. The largest absolute Gasteiger partial charge is 0.468 e. The molecule has 0 aromatic heterocycles. The van der Waals surface area contributed by atoms with Crippen LogP contribution < -0.4 is 5.32 Å². The van der Waals surface area contributed by atoms with Gasteiger partial charge < -0.3 is 4.74 Å². The highest BCUT2D eigenvalue weighted by molar-refractivity contribution is 5.80. The van der Waals surface area contributed by atoms with Crippen LogP contribution in [-0.4, -0.2) is 25.2 Å². The van der Waals surface area contributed by atoms with Crippen LogP contribution in [0.1, 0.15) is 52.4 Å². The Morgan fingerprint density at radius 1 is 1.35 bits per heavy atom. The van der Waals surface area contributed by atoms with E-state index in [0.29, 0.717) is 6.54 Å². The lowest BCUT2D eigenvalue weighted by Gasteiger charge is -2.27. The Morgan fingerprint density at radius 3 is 2.53 bits per heavy atom. The molecule has 0 aromatic rings. The third-order valence-corrected chi connectivity index (χ3v) is 3.00. The standard InChI is InChI=1S/C14H25NO2/c1-5-7-8-9-10-11-14(3,13(16)17-4)15-12-6-2/h2,15H,5,7-12H2,1,3-4H3. The molecule has 17 heavy (non-hydrogen) atoms. The molecular weight excluding hydrogens is 214 g/mol. The fourth-order valence-corrected chi connectivity index (χ4v) is 1.82. The molecule has 98 valence electrons. The summed E-state index contributed by atoms with van der Waals surface area (Å²) >= 11 is 0. The molecule has 1 unspecified atom stereocenters.